The minimum Gasteiger partial charge on any atom is -0.310 e. The highest BCUT2D eigenvalue weighted by molar-refractivity contribution is 5.91. The molecule has 2 N–H and O–H groups in total. The second-order valence-electron chi connectivity index (χ2n) is 7.37. The van der Waals surface area contributed by atoms with Gasteiger partial charge in [-0.1, -0.05) is 0 Å². The van der Waals surface area contributed by atoms with Crippen molar-refractivity contribution in [1.82, 2.24) is 24.9 Å². The van der Waals surface area contributed by atoms with E-state index in [9.17, 15) is 4.79 Å². The van der Waals surface area contributed by atoms with E-state index in [1.807, 2.05) is 16.8 Å². The number of aromatic amines is 1. The number of carbonyl (C=O) groups is 1. The van der Waals surface area contributed by atoms with Crippen molar-refractivity contribution in [3.05, 3.63) is 30.2 Å². The number of nitrogens with zero attached hydrogens (tertiary/aromatic N) is 4. The predicted molar refractivity (Wildman–Crippen MR) is 95.3 cm³/mol. The van der Waals surface area contributed by atoms with Crippen LogP contribution in [0.3, 0.4) is 0 Å². The average molecular weight is 342 g/mol. The number of carbonyl (C=O) groups excluding carboxylic acids is 1. The fraction of sp³-hybridized carbons (Fsp3) is 0.611. The summed E-state index contributed by atoms with van der Waals surface area (Å²) >= 11 is 0. The molecule has 1 aliphatic heterocycles. The molecule has 0 aromatic carbocycles. The Morgan fingerprint density at radius 1 is 1.36 bits per heavy atom. The van der Waals surface area contributed by atoms with E-state index in [0.717, 1.165) is 31.7 Å². The predicted octanol–water partition coefficient (Wildman–Crippen LogP) is 2.40. The molecule has 25 heavy (non-hydrogen) atoms. The molecule has 3 heterocycles. The third-order valence-electron chi connectivity index (χ3n) is 5.46. The van der Waals surface area contributed by atoms with Gasteiger partial charge in [-0.15, -0.1) is 0 Å². The number of amides is 1. The highest BCUT2D eigenvalue weighted by Crippen LogP contribution is 2.40. The molecule has 1 saturated carbocycles. The van der Waals surface area contributed by atoms with Gasteiger partial charge in [0.15, 0.2) is 0 Å². The second-order valence-corrected chi connectivity index (χ2v) is 7.37. The van der Waals surface area contributed by atoms with E-state index < -0.39 is 0 Å². The molecule has 2 atom stereocenters. The van der Waals surface area contributed by atoms with Gasteiger partial charge < -0.3 is 5.32 Å². The number of hydrogen-bond acceptors (Lipinski definition) is 4. The molecule has 2 aliphatic rings. The summed E-state index contributed by atoms with van der Waals surface area (Å²) in [6.07, 6.45) is 8.33. The van der Waals surface area contributed by atoms with Gasteiger partial charge in [-0.25, -0.2) is 4.68 Å². The normalized spacial score (nSPS) is 22.7. The molecule has 134 valence electrons. The smallest absolute Gasteiger partial charge is 0.239 e. The maximum absolute atomic E-state index is 12.5. The average Bonchev–Trinajstić information content (AvgIpc) is 3.12. The number of rotatable bonds is 6. The molecule has 2 fully saturated rings. The van der Waals surface area contributed by atoms with Crippen LogP contribution in [0, 0.1) is 5.92 Å². The van der Waals surface area contributed by atoms with E-state index in [1.54, 1.807) is 12.4 Å². The minimum absolute atomic E-state index is 0.0370. The van der Waals surface area contributed by atoms with Gasteiger partial charge in [0.25, 0.3) is 0 Å². The van der Waals surface area contributed by atoms with Crippen LogP contribution in [0.2, 0.25) is 0 Å². The third kappa shape index (κ3) is 3.76. The Hall–Kier alpha value is -2.15. The summed E-state index contributed by atoms with van der Waals surface area (Å²) in [5.41, 5.74) is 1.17. The molecule has 1 amide bonds. The van der Waals surface area contributed by atoms with Crippen LogP contribution in [-0.2, 0) is 4.79 Å². The first-order chi connectivity index (χ1) is 12.2. The lowest BCUT2D eigenvalue weighted by Gasteiger charge is -2.31. The highest BCUT2D eigenvalue weighted by Gasteiger charge is 2.31. The molecule has 2 aromatic rings. The van der Waals surface area contributed by atoms with Crippen molar-refractivity contribution in [1.29, 1.82) is 0 Å². The van der Waals surface area contributed by atoms with Crippen molar-refractivity contribution < 1.29 is 4.79 Å². The summed E-state index contributed by atoms with van der Waals surface area (Å²) in [6, 6.07) is 4.27. The van der Waals surface area contributed by atoms with Gasteiger partial charge in [0.1, 0.15) is 5.82 Å². The second kappa shape index (κ2) is 7.00. The number of H-pyrrole nitrogens is 1. The first-order valence-electron chi connectivity index (χ1n) is 9.25. The maximum atomic E-state index is 12.5. The van der Waals surface area contributed by atoms with Crippen LogP contribution in [-0.4, -0.2) is 50.4 Å². The first-order valence-corrected chi connectivity index (χ1v) is 9.25. The quantitative estimate of drug-likeness (QED) is 0.845. The zero-order chi connectivity index (χ0) is 17.2. The molecule has 0 spiro atoms. The number of hydrogen-bond donors (Lipinski definition) is 2. The first kappa shape index (κ1) is 16.3. The van der Waals surface area contributed by atoms with Crippen molar-refractivity contribution in [2.75, 3.05) is 25.0 Å². The van der Waals surface area contributed by atoms with Crippen molar-refractivity contribution in [3.8, 4) is 0 Å². The van der Waals surface area contributed by atoms with Crippen LogP contribution in [0.4, 0.5) is 5.82 Å². The van der Waals surface area contributed by atoms with Crippen LogP contribution in [0.1, 0.15) is 50.3 Å². The topological polar surface area (TPSA) is 78.8 Å². The van der Waals surface area contributed by atoms with E-state index in [-0.39, 0.29) is 5.91 Å². The highest BCUT2D eigenvalue weighted by atomic mass is 16.2. The van der Waals surface area contributed by atoms with Gasteiger partial charge in [-0.05, 0) is 51.1 Å². The third-order valence-corrected chi connectivity index (χ3v) is 5.46. The molecule has 7 nitrogen and oxygen atoms in total. The Kier molecular flexibility index (Phi) is 4.57. The Labute approximate surface area is 147 Å². The van der Waals surface area contributed by atoms with E-state index in [0.29, 0.717) is 24.4 Å². The summed E-state index contributed by atoms with van der Waals surface area (Å²) in [7, 11) is 0. The van der Waals surface area contributed by atoms with E-state index >= 15 is 0 Å². The minimum atomic E-state index is 0.0370. The van der Waals surface area contributed by atoms with Crippen LogP contribution in [0.5, 0.6) is 0 Å². The van der Waals surface area contributed by atoms with Gasteiger partial charge in [0, 0.05) is 30.4 Å². The van der Waals surface area contributed by atoms with Crippen LogP contribution in [0.15, 0.2) is 24.5 Å². The monoisotopic (exact) mass is 342 g/mol. The van der Waals surface area contributed by atoms with Crippen LogP contribution in [0.25, 0.3) is 0 Å². The zero-order valence-electron chi connectivity index (χ0n) is 14.7. The largest absolute Gasteiger partial charge is 0.310 e. The molecule has 1 aliphatic carbocycles. The fourth-order valence-corrected chi connectivity index (χ4v) is 3.85. The summed E-state index contributed by atoms with van der Waals surface area (Å²) in [6.45, 7) is 4.47. The Morgan fingerprint density at radius 2 is 2.24 bits per heavy atom. The summed E-state index contributed by atoms with van der Waals surface area (Å²) < 4.78 is 1.96. The van der Waals surface area contributed by atoms with Gasteiger partial charge in [0.2, 0.25) is 5.91 Å². The lowest BCUT2D eigenvalue weighted by Crippen LogP contribution is -2.40. The number of likely N-dealkylation sites (tertiary alicyclic amines) is 1. The number of anilines is 1. The maximum Gasteiger partial charge on any atom is 0.239 e. The Balaban J connectivity index is 1.34. The molecular formula is C18H26N6O. The summed E-state index contributed by atoms with van der Waals surface area (Å²) in [5, 5.41) is 14.6. The van der Waals surface area contributed by atoms with E-state index in [2.05, 4.69) is 32.4 Å². The molecule has 1 saturated heterocycles. The molecule has 0 unspecified atom stereocenters. The zero-order valence-corrected chi connectivity index (χ0v) is 14.7. The molecular weight excluding hydrogens is 316 g/mol. The van der Waals surface area contributed by atoms with Crippen molar-refractivity contribution >= 4 is 11.7 Å². The lowest BCUT2D eigenvalue weighted by molar-refractivity contribution is -0.117. The number of nitrogens with one attached hydrogen (secondary N) is 2. The van der Waals surface area contributed by atoms with Gasteiger partial charge >= 0.3 is 0 Å². The number of aromatic nitrogens is 4. The summed E-state index contributed by atoms with van der Waals surface area (Å²) in [4.78, 5) is 14.7. The molecule has 4 rings (SSSR count). The molecule has 7 heteroatoms. The SMILES string of the molecule is C[C@@H](C1CC1)n1nccc1NC(=O)CN1CCC[C@H](c2ccn[nH]2)C1. The van der Waals surface area contributed by atoms with Crippen molar-refractivity contribution in [3.63, 3.8) is 0 Å². The standard InChI is InChI=1S/C18H26N6O/c1-13(14-4-5-14)24-17(7-9-20-24)21-18(25)12-23-10-2-3-15(11-23)16-6-8-19-22-16/h6-9,13-15H,2-5,10-12H2,1H3,(H,19,22)(H,21,25)/t13-,15-/m0/s1. The molecule has 2 aromatic heterocycles. The van der Waals surface area contributed by atoms with Crippen LogP contribution < -0.4 is 5.32 Å². The summed E-state index contributed by atoms with van der Waals surface area (Å²) in [5.74, 6) is 1.99. The Morgan fingerprint density at radius 3 is 3.00 bits per heavy atom. The Bertz CT molecular complexity index is 705. The van der Waals surface area contributed by atoms with Gasteiger partial charge in [-0.3, -0.25) is 14.8 Å². The van der Waals surface area contributed by atoms with Crippen molar-refractivity contribution in [2.24, 2.45) is 5.92 Å². The fourth-order valence-electron chi connectivity index (χ4n) is 3.85. The van der Waals surface area contributed by atoms with Crippen molar-refractivity contribution in [2.45, 2.75) is 44.6 Å². The lowest BCUT2D eigenvalue weighted by atomic mass is 9.95. The van der Waals surface area contributed by atoms with Gasteiger partial charge in [0.05, 0.1) is 18.8 Å². The number of piperidine rings is 1. The van der Waals surface area contributed by atoms with E-state index in [1.165, 1.54) is 18.5 Å². The molecule has 0 bridgehead atoms. The molecule has 0 radical (unpaired) electrons. The van der Waals surface area contributed by atoms with Crippen LogP contribution >= 0.6 is 0 Å². The van der Waals surface area contributed by atoms with E-state index in [4.69, 9.17) is 0 Å². The van der Waals surface area contributed by atoms with Gasteiger partial charge in [-0.2, -0.15) is 10.2 Å².